The molecule has 1 heterocycles. The zero-order valence-electron chi connectivity index (χ0n) is 13.3. The van der Waals surface area contributed by atoms with E-state index in [0.717, 1.165) is 41.0 Å². The van der Waals surface area contributed by atoms with Crippen LogP contribution in [0, 0.1) is 0 Å². The Bertz CT molecular complexity index is 624. The second-order valence-electron chi connectivity index (χ2n) is 4.84. The molecule has 0 spiro atoms. The van der Waals surface area contributed by atoms with Crippen LogP contribution in [0.15, 0.2) is 23.1 Å². The average Bonchev–Trinajstić information content (AvgIpc) is 2.77. The number of ether oxygens (including phenoxy) is 1. The smallest absolute Gasteiger partial charge is 0.293 e. The summed E-state index contributed by atoms with van der Waals surface area (Å²) < 4.78 is 5.43. The number of rotatable bonds is 5. The molecule has 0 aliphatic carbocycles. The highest BCUT2D eigenvalue weighted by atomic mass is 32.2. The third-order valence-corrected chi connectivity index (χ3v) is 4.58. The zero-order chi connectivity index (χ0) is 16.3. The topological polar surface area (TPSA) is 49.9 Å². The van der Waals surface area contributed by atoms with Crippen molar-refractivity contribution >= 4 is 34.7 Å². The minimum atomic E-state index is -0.273. The first-order chi connectivity index (χ1) is 10.5. The molecule has 0 aromatic heterocycles. The number of benzene rings is 1. The van der Waals surface area contributed by atoms with Gasteiger partial charge in [-0.3, -0.25) is 14.5 Å². The van der Waals surface area contributed by atoms with E-state index in [4.69, 9.17) is 4.74 Å². The van der Waals surface area contributed by atoms with Crippen LogP contribution in [0.3, 0.4) is 0 Å². The molecule has 1 saturated heterocycles. The number of imide groups is 1. The van der Waals surface area contributed by atoms with E-state index in [9.17, 15) is 9.59 Å². The molecule has 0 radical (unpaired) electrons. The Balaban J connectivity index is 2.36. The number of methoxy groups -OCH3 is 1. The van der Waals surface area contributed by atoms with Crippen LogP contribution >= 0.6 is 11.8 Å². The molecule has 0 N–H and O–H groups in total. The second kappa shape index (κ2) is 6.87. The minimum absolute atomic E-state index is 0.255. The van der Waals surface area contributed by atoms with Crippen molar-refractivity contribution in [2.24, 2.45) is 0 Å². The molecule has 0 bridgehead atoms. The lowest BCUT2D eigenvalue weighted by Gasteiger charge is -2.22. The van der Waals surface area contributed by atoms with Crippen molar-refractivity contribution in [1.29, 1.82) is 0 Å². The predicted octanol–water partition coefficient (Wildman–Crippen LogP) is 3.21. The van der Waals surface area contributed by atoms with Crippen LogP contribution < -0.4 is 9.64 Å². The highest BCUT2D eigenvalue weighted by Crippen LogP contribution is 2.34. The first-order valence-corrected chi connectivity index (χ1v) is 7.98. The summed E-state index contributed by atoms with van der Waals surface area (Å²) >= 11 is 0.948. The van der Waals surface area contributed by atoms with E-state index < -0.39 is 0 Å². The van der Waals surface area contributed by atoms with E-state index in [-0.39, 0.29) is 11.1 Å². The molecular formula is C16H20N2O3S. The van der Waals surface area contributed by atoms with Crippen molar-refractivity contribution in [2.45, 2.75) is 13.8 Å². The van der Waals surface area contributed by atoms with Crippen LogP contribution in [-0.2, 0) is 4.79 Å². The molecule has 1 aliphatic heterocycles. The highest BCUT2D eigenvalue weighted by Gasteiger charge is 2.32. The first kappa shape index (κ1) is 16.4. The first-order valence-electron chi connectivity index (χ1n) is 7.16. The van der Waals surface area contributed by atoms with Crippen molar-refractivity contribution < 1.29 is 14.3 Å². The van der Waals surface area contributed by atoms with Gasteiger partial charge in [0.25, 0.3) is 11.1 Å². The Morgan fingerprint density at radius 2 is 1.95 bits per heavy atom. The molecule has 22 heavy (non-hydrogen) atoms. The molecule has 2 amide bonds. The van der Waals surface area contributed by atoms with Gasteiger partial charge in [-0.25, -0.2) is 0 Å². The number of carbonyl (C=O) groups is 2. The monoisotopic (exact) mass is 320 g/mol. The van der Waals surface area contributed by atoms with Crippen LogP contribution in [0.25, 0.3) is 6.08 Å². The molecule has 6 heteroatoms. The quantitative estimate of drug-likeness (QED) is 0.780. The number of likely N-dealkylation sites (N-methyl/N-ethyl adjacent to an activating group) is 1. The summed E-state index contributed by atoms with van der Waals surface area (Å²) in [4.78, 5) is 27.3. The summed E-state index contributed by atoms with van der Waals surface area (Å²) in [6.07, 6.45) is 1.71. The van der Waals surface area contributed by atoms with Crippen molar-refractivity contribution in [1.82, 2.24) is 4.90 Å². The maximum absolute atomic E-state index is 12.0. The summed E-state index contributed by atoms with van der Waals surface area (Å²) in [5.74, 6) is 0.414. The molecule has 0 saturated carbocycles. The van der Waals surface area contributed by atoms with E-state index in [1.54, 1.807) is 13.2 Å². The van der Waals surface area contributed by atoms with Crippen LogP contribution in [0.1, 0.15) is 19.4 Å². The number of amides is 2. The molecule has 1 aliphatic rings. The second-order valence-corrected chi connectivity index (χ2v) is 5.83. The maximum Gasteiger partial charge on any atom is 0.293 e. The predicted molar refractivity (Wildman–Crippen MR) is 90.3 cm³/mol. The lowest BCUT2D eigenvalue weighted by Crippen LogP contribution is -2.22. The van der Waals surface area contributed by atoms with Gasteiger partial charge in [-0.15, -0.1) is 0 Å². The lowest BCUT2D eigenvalue weighted by molar-refractivity contribution is -0.121. The third-order valence-electron chi connectivity index (χ3n) is 3.62. The van der Waals surface area contributed by atoms with Crippen molar-refractivity contribution in [3.05, 3.63) is 28.7 Å². The Hall–Kier alpha value is -1.95. The normalized spacial score (nSPS) is 16.5. The van der Waals surface area contributed by atoms with Gasteiger partial charge in [-0.2, -0.15) is 0 Å². The third kappa shape index (κ3) is 3.11. The van der Waals surface area contributed by atoms with Gasteiger partial charge in [0.1, 0.15) is 5.75 Å². The fourth-order valence-corrected chi connectivity index (χ4v) is 3.11. The van der Waals surface area contributed by atoms with Crippen molar-refractivity contribution in [2.75, 3.05) is 32.1 Å². The standard InChI is InChI=1S/C16H20N2O3S/c1-5-18(6-2)12-8-7-11(13(10-12)21-4)9-14-15(19)17(3)16(20)22-14/h7-10H,5-6H2,1-4H3/b14-9-. The van der Waals surface area contributed by atoms with Gasteiger partial charge in [0.2, 0.25) is 0 Å². The van der Waals surface area contributed by atoms with Crippen LogP contribution in [0.2, 0.25) is 0 Å². The van der Waals surface area contributed by atoms with E-state index >= 15 is 0 Å². The fraction of sp³-hybridized carbons (Fsp3) is 0.375. The maximum atomic E-state index is 12.0. The molecule has 118 valence electrons. The molecule has 5 nitrogen and oxygen atoms in total. The SMILES string of the molecule is CCN(CC)c1ccc(/C=C2\SC(=O)N(C)C2=O)c(OC)c1. The highest BCUT2D eigenvalue weighted by molar-refractivity contribution is 8.18. The molecule has 0 atom stereocenters. The van der Waals surface area contributed by atoms with Gasteiger partial charge >= 0.3 is 0 Å². The van der Waals surface area contributed by atoms with E-state index in [1.165, 1.54) is 7.05 Å². The summed E-state index contributed by atoms with van der Waals surface area (Å²) in [6.45, 7) is 6.02. The molecule has 1 aromatic rings. The molecule has 2 rings (SSSR count). The van der Waals surface area contributed by atoms with Gasteiger partial charge in [0.05, 0.1) is 12.0 Å². The number of hydrogen-bond donors (Lipinski definition) is 0. The number of anilines is 1. The Morgan fingerprint density at radius 1 is 1.27 bits per heavy atom. The van der Waals surface area contributed by atoms with Gasteiger partial charge in [-0.1, -0.05) is 0 Å². The molecule has 0 unspecified atom stereocenters. The van der Waals surface area contributed by atoms with E-state index in [2.05, 4.69) is 18.7 Å². The van der Waals surface area contributed by atoms with Gasteiger partial charge in [0, 0.05) is 37.5 Å². The fourth-order valence-electron chi connectivity index (χ4n) is 2.29. The number of carbonyl (C=O) groups excluding carboxylic acids is 2. The number of thioether (sulfide) groups is 1. The van der Waals surface area contributed by atoms with E-state index in [0.29, 0.717) is 10.7 Å². The zero-order valence-corrected chi connectivity index (χ0v) is 14.1. The molecular weight excluding hydrogens is 300 g/mol. The molecule has 1 fully saturated rings. The summed E-state index contributed by atoms with van der Waals surface area (Å²) in [5.41, 5.74) is 1.86. The summed E-state index contributed by atoms with van der Waals surface area (Å²) in [5, 5.41) is -0.255. The summed E-state index contributed by atoms with van der Waals surface area (Å²) in [6, 6.07) is 5.86. The lowest BCUT2D eigenvalue weighted by atomic mass is 10.1. The van der Waals surface area contributed by atoms with Crippen molar-refractivity contribution in [3.8, 4) is 5.75 Å². The van der Waals surface area contributed by atoms with Crippen LogP contribution in [-0.4, -0.2) is 43.3 Å². The van der Waals surface area contributed by atoms with Crippen LogP contribution in [0.5, 0.6) is 5.75 Å². The largest absolute Gasteiger partial charge is 0.496 e. The minimum Gasteiger partial charge on any atom is -0.496 e. The number of hydrogen-bond acceptors (Lipinski definition) is 5. The van der Waals surface area contributed by atoms with E-state index in [1.807, 2.05) is 18.2 Å². The Kier molecular flexibility index (Phi) is 5.13. The van der Waals surface area contributed by atoms with Gasteiger partial charge in [-0.05, 0) is 43.8 Å². The van der Waals surface area contributed by atoms with Crippen molar-refractivity contribution in [3.63, 3.8) is 0 Å². The molecule has 1 aromatic carbocycles. The Morgan fingerprint density at radius 3 is 2.45 bits per heavy atom. The Labute approximate surface area is 134 Å². The van der Waals surface area contributed by atoms with Crippen LogP contribution in [0.4, 0.5) is 10.5 Å². The van der Waals surface area contributed by atoms with Gasteiger partial charge < -0.3 is 9.64 Å². The summed E-state index contributed by atoms with van der Waals surface area (Å²) in [7, 11) is 3.09. The number of nitrogens with zero attached hydrogens (tertiary/aromatic N) is 2. The average molecular weight is 320 g/mol. The van der Waals surface area contributed by atoms with Gasteiger partial charge in [0.15, 0.2) is 0 Å².